The van der Waals surface area contributed by atoms with E-state index in [-0.39, 0.29) is 6.03 Å². The minimum Gasteiger partial charge on any atom is -0.368 e. The van der Waals surface area contributed by atoms with Crippen LogP contribution in [-0.2, 0) is 0 Å². The summed E-state index contributed by atoms with van der Waals surface area (Å²) in [7, 11) is 0. The standard InChI is InChI=1S/C17H17N5OS/c23-17(18-13-6-7-15-16(12-13)20-24-19-15)22-10-8-21(9-11-22)14-4-2-1-3-5-14/h1-7,12H,8-11H2,(H,18,23). The summed E-state index contributed by atoms with van der Waals surface area (Å²) < 4.78 is 8.37. The third-order valence-corrected chi connectivity index (χ3v) is 4.75. The quantitative estimate of drug-likeness (QED) is 0.779. The largest absolute Gasteiger partial charge is 0.368 e. The Morgan fingerprint density at radius 1 is 0.958 bits per heavy atom. The summed E-state index contributed by atoms with van der Waals surface area (Å²) in [4.78, 5) is 16.6. The number of fused-ring (bicyclic) bond motifs is 1. The van der Waals surface area contributed by atoms with Crippen molar-refractivity contribution in [2.24, 2.45) is 0 Å². The molecule has 2 aromatic carbocycles. The van der Waals surface area contributed by atoms with Gasteiger partial charge in [0.2, 0.25) is 0 Å². The molecule has 2 amide bonds. The predicted octanol–water partition coefficient (Wildman–Crippen LogP) is 3.05. The van der Waals surface area contributed by atoms with E-state index in [4.69, 9.17) is 0 Å². The molecular formula is C17H17N5OS. The van der Waals surface area contributed by atoms with E-state index in [0.717, 1.165) is 29.8 Å². The average molecular weight is 339 g/mol. The molecule has 1 aliphatic heterocycles. The summed E-state index contributed by atoms with van der Waals surface area (Å²) in [6.07, 6.45) is 0. The number of rotatable bonds is 2. The molecule has 24 heavy (non-hydrogen) atoms. The number of hydrogen-bond donors (Lipinski definition) is 1. The fourth-order valence-electron chi connectivity index (χ4n) is 2.87. The molecule has 0 atom stereocenters. The molecule has 6 nitrogen and oxygen atoms in total. The molecule has 0 aliphatic carbocycles. The van der Waals surface area contributed by atoms with Gasteiger partial charge in [-0.1, -0.05) is 18.2 Å². The Bertz CT molecular complexity index is 842. The molecule has 0 spiro atoms. The molecule has 2 heterocycles. The van der Waals surface area contributed by atoms with Gasteiger partial charge in [0.25, 0.3) is 0 Å². The van der Waals surface area contributed by atoms with Crippen LogP contribution >= 0.6 is 11.7 Å². The zero-order valence-electron chi connectivity index (χ0n) is 13.1. The normalized spacial score (nSPS) is 14.8. The number of urea groups is 1. The highest BCUT2D eigenvalue weighted by atomic mass is 32.1. The SMILES string of the molecule is O=C(Nc1ccc2nsnc2c1)N1CCN(c2ccccc2)CC1. The number of aromatic nitrogens is 2. The molecule has 3 aromatic rings. The van der Waals surface area contributed by atoms with Gasteiger partial charge < -0.3 is 15.1 Å². The van der Waals surface area contributed by atoms with Crippen LogP contribution in [0.5, 0.6) is 0 Å². The van der Waals surface area contributed by atoms with E-state index in [1.54, 1.807) is 0 Å². The molecule has 1 N–H and O–H groups in total. The molecule has 1 aliphatic rings. The molecule has 0 radical (unpaired) electrons. The van der Waals surface area contributed by atoms with Crippen LogP contribution < -0.4 is 10.2 Å². The number of para-hydroxylation sites is 1. The van der Waals surface area contributed by atoms with Crippen molar-refractivity contribution in [1.82, 2.24) is 13.6 Å². The van der Waals surface area contributed by atoms with Gasteiger partial charge in [-0.2, -0.15) is 8.75 Å². The zero-order chi connectivity index (χ0) is 16.4. The predicted molar refractivity (Wildman–Crippen MR) is 96.7 cm³/mol. The van der Waals surface area contributed by atoms with Gasteiger partial charge in [-0.05, 0) is 30.3 Å². The Balaban J connectivity index is 1.37. The average Bonchev–Trinajstić information content (AvgIpc) is 3.10. The van der Waals surface area contributed by atoms with Gasteiger partial charge in [0.15, 0.2) is 0 Å². The van der Waals surface area contributed by atoms with E-state index >= 15 is 0 Å². The van der Waals surface area contributed by atoms with Crippen molar-refractivity contribution in [3.05, 3.63) is 48.5 Å². The number of nitrogens with one attached hydrogen (secondary N) is 1. The van der Waals surface area contributed by atoms with Crippen LogP contribution in [0, 0.1) is 0 Å². The van der Waals surface area contributed by atoms with Crippen LogP contribution in [0.4, 0.5) is 16.2 Å². The van der Waals surface area contributed by atoms with E-state index in [1.165, 1.54) is 17.4 Å². The van der Waals surface area contributed by atoms with Gasteiger partial charge >= 0.3 is 6.03 Å². The first-order valence-electron chi connectivity index (χ1n) is 7.88. The highest BCUT2D eigenvalue weighted by Crippen LogP contribution is 2.19. The minimum atomic E-state index is -0.0646. The Hall–Kier alpha value is -2.67. The number of benzene rings is 2. The monoisotopic (exact) mass is 339 g/mol. The van der Waals surface area contributed by atoms with E-state index in [0.29, 0.717) is 13.1 Å². The topological polar surface area (TPSA) is 61.4 Å². The second kappa shape index (κ2) is 6.45. The van der Waals surface area contributed by atoms with Crippen molar-refractivity contribution in [2.45, 2.75) is 0 Å². The summed E-state index contributed by atoms with van der Waals surface area (Å²) in [6, 6.07) is 15.8. The first-order valence-corrected chi connectivity index (χ1v) is 8.61. The number of piperazine rings is 1. The summed E-state index contributed by atoms with van der Waals surface area (Å²) in [5, 5.41) is 2.95. The fourth-order valence-corrected chi connectivity index (χ4v) is 3.39. The molecule has 0 unspecified atom stereocenters. The maximum absolute atomic E-state index is 12.4. The van der Waals surface area contributed by atoms with Crippen LogP contribution in [0.25, 0.3) is 11.0 Å². The zero-order valence-corrected chi connectivity index (χ0v) is 13.9. The third kappa shape index (κ3) is 3.03. The van der Waals surface area contributed by atoms with Crippen molar-refractivity contribution in [3.63, 3.8) is 0 Å². The molecule has 1 saturated heterocycles. The van der Waals surface area contributed by atoms with Crippen molar-refractivity contribution in [3.8, 4) is 0 Å². The molecule has 7 heteroatoms. The maximum Gasteiger partial charge on any atom is 0.321 e. The fraction of sp³-hybridized carbons (Fsp3) is 0.235. The summed E-state index contributed by atoms with van der Waals surface area (Å²) >= 11 is 1.18. The van der Waals surface area contributed by atoms with Crippen LogP contribution in [-0.4, -0.2) is 45.9 Å². The summed E-state index contributed by atoms with van der Waals surface area (Å²) in [5.41, 5.74) is 3.63. The number of nitrogens with zero attached hydrogens (tertiary/aromatic N) is 4. The van der Waals surface area contributed by atoms with Crippen molar-refractivity contribution in [2.75, 3.05) is 36.4 Å². The minimum absolute atomic E-state index is 0.0646. The summed E-state index contributed by atoms with van der Waals surface area (Å²) in [5.74, 6) is 0. The van der Waals surface area contributed by atoms with Gasteiger partial charge in [0.1, 0.15) is 11.0 Å². The van der Waals surface area contributed by atoms with Gasteiger partial charge in [0, 0.05) is 37.6 Å². The van der Waals surface area contributed by atoms with Gasteiger partial charge in [0.05, 0.1) is 11.7 Å². The second-order valence-electron chi connectivity index (χ2n) is 5.71. The lowest BCUT2D eigenvalue weighted by molar-refractivity contribution is 0.208. The first-order chi connectivity index (χ1) is 11.8. The Morgan fingerprint density at radius 2 is 1.71 bits per heavy atom. The highest BCUT2D eigenvalue weighted by molar-refractivity contribution is 7.00. The molecule has 4 rings (SSSR count). The van der Waals surface area contributed by atoms with E-state index in [2.05, 4.69) is 31.1 Å². The lowest BCUT2D eigenvalue weighted by Gasteiger charge is -2.36. The first kappa shape index (κ1) is 14.9. The number of anilines is 2. The Labute approximate surface area is 144 Å². The van der Waals surface area contributed by atoms with Crippen molar-refractivity contribution < 1.29 is 4.79 Å². The lowest BCUT2D eigenvalue weighted by Crippen LogP contribution is -2.50. The number of carbonyl (C=O) groups excluding carboxylic acids is 1. The number of amides is 2. The van der Waals surface area contributed by atoms with Crippen LogP contribution in [0.3, 0.4) is 0 Å². The highest BCUT2D eigenvalue weighted by Gasteiger charge is 2.21. The van der Waals surface area contributed by atoms with E-state index in [9.17, 15) is 4.79 Å². The second-order valence-corrected chi connectivity index (χ2v) is 6.24. The van der Waals surface area contributed by atoms with Crippen molar-refractivity contribution >= 4 is 40.2 Å². The molecular weight excluding hydrogens is 322 g/mol. The van der Waals surface area contributed by atoms with Gasteiger partial charge in [-0.25, -0.2) is 4.79 Å². The maximum atomic E-state index is 12.4. The van der Waals surface area contributed by atoms with Crippen molar-refractivity contribution in [1.29, 1.82) is 0 Å². The molecule has 0 saturated carbocycles. The molecule has 1 aromatic heterocycles. The molecule has 1 fully saturated rings. The molecule has 122 valence electrons. The number of carbonyl (C=O) groups is 1. The molecule has 0 bridgehead atoms. The van der Waals surface area contributed by atoms with E-state index < -0.39 is 0 Å². The van der Waals surface area contributed by atoms with Crippen LogP contribution in [0.15, 0.2) is 48.5 Å². The van der Waals surface area contributed by atoms with Crippen LogP contribution in [0.2, 0.25) is 0 Å². The third-order valence-electron chi connectivity index (χ3n) is 4.19. The smallest absolute Gasteiger partial charge is 0.321 e. The Kier molecular flexibility index (Phi) is 4.00. The summed E-state index contributed by atoms with van der Waals surface area (Å²) in [6.45, 7) is 3.10. The van der Waals surface area contributed by atoms with E-state index in [1.807, 2.05) is 41.3 Å². The lowest BCUT2D eigenvalue weighted by atomic mass is 10.2. The van der Waals surface area contributed by atoms with Gasteiger partial charge in [-0.15, -0.1) is 0 Å². The number of hydrogen-bond acceptors (Lipinski definition) is 5. The van der Waals surface area contributed by atoms with Crippen LogP contribution in [0.1, 0.15) is 0 Å². The van der Waals surface area contributed by atoms with Gasteiger partial charge in [-0.3, -0.25) is 0 Å². The Morgan fingerprint density at radius 3 is 2.50 bits per heavy atom.